The minimum absolute atomic E-state index is 0.0918. The summed E-state index contributed by atoms with van der Waals surface area (Å²) in [7, 11) is 1.67. The predicted octanol–water partition coefficient (Wildman–Crippen LogP) is 2.25. The summed E-state index contributed by atoms with van der Waals surface area (Å²) in [5.41, 5.74) is -0.595. The van der Waals surface area contributed by atoms with Gasteiger partial charge in [-0.15, -0.1) is 0 Å². The lowest BCUT2D eigenvalue weighted by Gasteiger charge is -2.37. The Labute approximate surface area is 217 Å². The second-order valence-corrected chi connectivity index (χ2v) is 11.2. The van der Waals surface area contributed by atoms with Crippen LogP contribution in [0.5, 0.6) is 5.75 Å². The van der Waals surface area contributed by atoms with Gasteiger partial charge in [-0.05, 0) is 51.8 Å². The molecule has 3 rings (SSSR count). The average molecular weight is 524 g/mol. The monoisotopic (exact) mass is 523 g/mol. The number of likely N-dealkylation sites (tertiary alicyclic amines) is 2. The zero-order valence-electron chi connectivity index (χ0n) is 22.6. The van der Waals surface area contributed by atoms with Crippen molar-refractivity contribution >= 4 is 17.8 Å². The number of carbonyl (C=O) groups excluding carboxylic acids is 3. The number of urea groups is 1. The van der Waals surface area contributed by atoms with Gasteiger partial charge in [0.15, 0.2) is 11.6 Å². The third-order valence-electron chi connectivity index (χ3n) is 6.94. The van der Waals surface area contributed by atoms with Gasteiger partial charge >= 0.3 is 6.03 Å². The minimum atomic E-state index is -1.05. The van der Waals surface area contributed by atoms with E-state index in [1.165, 1.54) is 6.07 Å². The van der Waals surface area contributed by atoms with E-state index in [0.717, 1.165) is 12.1 Å². The molecule has 206 valence electrons. The van der Waals surface area contributed by atoms with Crippen LogP contribution in [0.15, 0.2) is 18.2 Å². The van der Waals surface area contributed by atoms with Crippen molar-refractivity contribution in [3.8, 4) is 5.75 Å². The third kappa shape index (κ3) is 6.31. The molecule has 2 heterocycles. The Morgan fingerprint density at radius 2 is 1.73 bits per heavy atom. The van der Waals surface area contributed by atoms with Gasteiger partial charge in [0.05, 0.1) is 24.7 Å². The van der Waals surface area contributed by atoms with Crippen molar-refractivity contribution < 1.29 is 27.9 Å². The highest BCUT2D eigenvalue weighted by Crippen LogP contribution is 2.36. The maximum absolute atomic E-state index is 13.9. The van der Waals surface area contributed by atoms with E-state index >= 15 is 0 Å². The van der Waals surface area contributed by atoms with Gasteiger partial charge in [-0.25, -0.2) is 13.6 Å². The second kappa shape index (κ2) is 11.2. The molecule has 0 radical (unpaired) electrons. The molecule has 0 aromatic heterocycles. The number of fused-ring (bicyclic) bond motifs is 1. The Bertz CT molecular complexity index is 1020. The van der Waals surface area contributed by atoms with Crippen LogP contribution in [0.4, 0.5) is 13.6 Å². The lowest BCUT2D eigenvalue weighted by molar-refractivity contribution is -0.141. The summed E-state index contributed by atoms with van der Waals surface area (Å²) in [4.78, 5) is 42.9. The molecule has 4 amide bonds. The summed E-state index contributed by atoms with van der Waals surface area (Å²) in [6.45, 7) is 11.6. The van der Waals surface area contributed by atoms with E-state index in [4.69, 9.17) is 4.74 Å². The van der Waals surface area contributed by atoms with Gasteiger partial charge in [-0.2, -0.15) is 0 Å². The molecule has 9 nitrogen and oxygen atoms in total. The number of carbonyl (C=O) groups is 3. The number of ether oxygens (including phenoxy) is 1. The summed E-state index contributed by atoms with van der Waals surface area (Å²) in [6.07, 6.45) is -0.149. The van der Waals surface area contributed by atoms with Crippen LogP contribution in [0.3, 0.4) is 0 Å². The second-order valence-electron chi connectivity index (χ2n) is 11.2. The van der Waals surface area contributed by atoms with Gasteiger partial charge in [0.2, 0.25) is 11.8 Å². The predicted molar refractivity (Wildman–Crippen MR) is 135 cm³/mol. The van der Waals surface area contributed by atoms with Gasteiger partial charge in [0.25, 0.3) is 0 Å². The van der Waals surface area contributed by atoms with Crippen molar-refractivity contribution in [2.75, 3.05) is 20.1 Å². The van der Waals surface area contributed by atoms with Crippen molar-refractivity contribution in [2.24, 2.45) is 5.41 Å². The first-order valence-corrected chi connectivity index (χ1v) is 12.7. The van der Waals surface area contributed by atoms with Crippen molar-refractivity contribution in [2.45, 2.75) is 84.3 Å². The SMILES string of the molecule is CN[C@@H](C)C(=O)NC(C(=O)N1CC[C@@H]2[C@H]1[C@@H](Oc1ccc(F)c(F)c1)CN2C(=O)NC(C)C)C(C)(C)C. The van der Waals surface area contributed by atoms with Gasteiger partial charge in [-0.3, -0.25) is 9.59 Å². The molecule has 5 atom stereocenters. The zero-order valence-corrected chi connectivity index (χ0v) is 22.6. The van der Waals surface area contributed by atoms with Crippen LogP contribution in [0.1, 0.15) is 48.0 Å². The van der Waals surface area contributed by atoms with Crippen LogP contribution in [-0.2, 0) is 9.59 Å². The normalized spacial score (nSPS) is 23.0. The average Bonchev–Trinajstić information content (AvgIpc) is 3.39. The maximum Gasteiger partial charge on any atom is 0.318 e. The van der Waals surface area contributed by atoms with Gasteiger partial charge in [0, 0.05) is 18.7 Å². The summed E-state index contributed by atoms with van der Waals surface area (Å²) in [6, 6.07) is 0.721. The lowest BCUT2D eigenvalue weighted by Crippen LogP contribution is -2.59. The largest absolute Gasteiger partial charge is 0.486 e. The number of nitrogens with zero attached hydrogens (tertiary/aromatic N) is 2. The van der Waals surface area contributed by atoms with E-state index in [2.05, 4.69) is 16.0 Å². The van der Waals surface area contributed by atoms with Crippen molar-refractivity contribution in [3.05, 3.63) is 29.8 Å². The van der Waals surface area contributed by atoms with Crippen LogP contribution < -0.4 is 20.7 Å². The van der Waals surface area contributed by atoms with Crippen molar-refractivity contribution in [1.29, 1.82) is 0 Å². The molecule has 0 aliphatic carbocycles. The number of hydrogen-bond acceptors (Lipinski definition) is 5. The highest BCUT2D eigenvalue weighted by molar-refractivity contribution is 5.90. The lowest BCUT2D eigenvalue weighted by atomic mass is 9.85. The van der Waals surface area contributed by atoms with Gasteiger partial charge < -0.3 is 30.5 Å². The molecule has 37 heavy (non-hydrogen) atoms. The zero-order chi connectivity index (χ0) is 27.7. The smallest absolute Gasteiger partial charge is 0.318 e. The minimum Gasteiger partial charge on any atom is -0.486 e. The Hall–Kier alpha value is -2.95. The van der Waals surface area contributed by atoms with Crippen LogP contribution in [0.25, 0.3) is 0 Å². The van der Waals surface area contributed by atoms with Gasteiger partial charge in [-0.1, -0.05) is 20.8 Å². The van der Waals surface area contributed by atoms with Crippen LogP contribution >= 0.6 is 0 Å². The fraction of sp³-hybridized carbons (Fsp3) is 0.654. The topological polar surface area (TPSA) is 103 Å². The summed E-state index contributed by atoms with van der Waals surface area (Å²) < 4.78 is 33.4. The maximum atomic E-state index is 13.9. The van der Waals surface area contributed by atoms with E-state index in [0.29, 0.717) is 13.0 Å². The molecular formula is C26H39F2N5O4. The Balaban J connectivity index is 1.92. The molecule has 0 spiro atoms. The molecule has 1 unspecified atom stereocenters. The molecular weight excluding hydrogens is 484 g/mol. The van der Waals surface area contributed by atoms with E-state index in [1.54, 1.807) is 23.8 Å². The molecule has 11 heteroatoms. The van der Waals surface area contributed by atoms with Gasteiger partial charge in [0.1, 0.15) is 17.9 Å². The van der Waals surface area contributed by atoms with E-state index in [1.807, 2.05) is 34.6 Å². The molecule has 2 fully saturated rings. The van der Waals surface area contributed by atoms with Crippen molar-refractivity contribution in [3.63, 3.8) is 0 Å². The number of rotatable bonds is 7. The van der Waals surface area contributed by atoms with E-state index in [9.17, 15) is 23.2 Å². The first-order valence-electron chi connectivity index (χ1n) is 12.7. The number of halogens is 2. The quantitative estimate of drug-likeness (QED) is 0.509. The first-order chi connectivity index (χ1) is 17.2. The molecule has 2 aliphatic heterocycles. The van der Waals surface area contributed by atoms with Crippen molar-refractivity contribution in [1.82, 2.24) is 25.8 Å². The van der Waals surface area contributed by atoms with Crippen LogP contribution in [0.2, 0.25) is 0 Å². The molecule has 3 N–H and O–H groups in total. The fourth-order valence-corrected chi connectivity index (χ4v) is 4.89. The molecule has 1 aromatic rings. The molecule has 2 saturated heterocycles. The number of amides is 4. The Morgan fingerprint density at radius 1 is 1.05 bits per heavy atom. The summed E-state index contributed by atoms with van der Waals surface area (Å²) in [5.74, 6) is -2.51. The highest BCUT2D eigenvalue weighted by Gasteiger charge is 2.54. The van der Waals surface area contributed by atoms with E-state index < -0.39 is 41.3 Å². The molecule has 2 aliphatic rings. The van der Waals surface area contributed by atoms with Crippen LogP contribution in [-0.4, -0.2) is 84.1 Å². The number of likely N-dealkylation sites (N-methyl/N-ethyl adjacent to an activating group) is 1. The first kappa shape index (κ1) is 28.6. The molecule has 0 saturated carbocycles. The summed E-state index contributed by atoms with van der Waals surface area (Å²) >= 11 is 0. The summed E-state index contributed by atoms with van der Waals surface area (Å²) in [5, 5.41) is 8.65. The van der Waals surface area contributed by atoms with Crippen LogP contribution in [0, 0.1) is 17.0 Å². The number of hydrogen-bond donors (Lipinski definition) is 3. The molecule has 0 bridgehead atoms. The highest BCUT2D eigenvalue weighted by atomic mass is 19.2. The molecule has 1 aromatic carbocycles. The van der Waals surface area contributed by atoms with E-state index in [-0.39, 0.29) is 42.2 Å². The number of benzene rings is 1. The fourth-order valence-electron chi connectivity index (χ4n) is 4.89. The standard InChI is InChI=1S/C26H39F2N5O4/c1-14(2)30-25(36)33-13-20(37-16-8-9-17(27)18(28)12-16)21-19(33)10-11-32(21)24(35)22(26(4,5)6)31-23(34)15(3)29-7/h8-9,12,14-15,19-22,29H,10-11,13H2,1-7H3,(H,30,36)(H,31,34)/t15-,19+,20-,21-,22?/m0/s1. The number of nitrogens with one attached hydrogen (secondary N) is 3. The Morgan fingerprint density at radius 3 is 2.30 bits per heavy atom. The third-order valence-corrected chi connectivity index (χ3v) is 6.94. The Kier molecular flexibility index (Phi) is 8.66.